The average molecular weight is 329 g/mol. The Bertz CT molecular complexity index is 473. The third kappa shape index (κ3) is 3.15. The Morgan fingerprint density at radius 3 is 2.95 bits per heavy atom. The van der Waals surface area contributed by atoms with Crippen LogP contribution in [0.25, 0.3) is 0 Å². The predicted molar refractivity (Wildman–Crippen MR) is 77.6 cm³/mol. The number of rotatable bonds is 3. The smallest absolute Gasteiger partial charge is 0.231 e. The van der Waals surface area contributed by atoms with Crippen molar-refractivity contribution in [2.24, 2.45) is 5.41 Å². The van der Waals surface area contributed by atoms with Gasteiger partial charge in [-0.3, -0.25) is 4.79 Å². The predicted octanol–water partition coefficient (Wildman–Crippen LogP) is 3.31. The highest BCUT2D eigenvalue weighted by Gasteiger charge is 2.37. The highest BCUT2D eigenvalue weighted by Crippen LogP contribution is 2.33. The lowest BCUT2D eigenvalue weighted by Crippen LogP contribution is -2.47. The molecule has 1 amide bonds. The Morgan fingerprint density at radius 2 is 2.37 bits per heavy atom. The van der Waals surface area contributed by atoms with Crippen molar-refractivity contribution >= 4 is 27.5 Å². The second-order valence-electron chi connectivity index (χ2n) is 4.99. The zero-order valence-corrected chi connectivity index (χ0v) is 12.5. The van der Waals surface area contributed by atoms with Crippen LogP contribution in [0.15, 0.2) is 22.7 Å². The zero-order valence-electron chi connectivity index (χ0n) is 10.9. The van der Waals surface area contributed by atoms with Gasteiger partial charge in [0.1, 0.15) is 5.82 Å². The first-order chi connectivity index (χ1) is 9.07. The van der Waals surface area contributed by atoms with Gasteiger partial charge in [0.25, 0.3) is 0 Å². The normalized spacial score (nSPS) is 23.1. The summed E-state index contributed by atoms with van der Waals surface area (Å²) in [7, 11) is 0. The van der Waals surface area contributed by atoms with Gasteiger partial charge in [0.2, 0.25) is 5.91 Å². The van der Waals surface area contributed by atoms with Crippen LogP contribution in [0.5, 0.6) is 0 Å². The minimum absolute atomic E-state index is 0.00880. The molecule has 104 valence electrons. The third-order valence-corrected chi connectivity index (χ3v) is 4.47. The van der Waals surface area contributed by atoms with E-state index in [0.29, 0.717) is 16.7 Å². The second kappa shape index (κ2) is 6.01. The summed E-state index contributed by atoms with van der Waals surface area (Å²) >= 11 is 3.27. The number of carbonyl (C=O) groups is 1. The van der Waals surface area contributed by atoms with E-state index in [-0.39, 0.29) is 17.1 Å². The lowest BCUT2D eigenvalue weighted by Gasteiger charge is -2.35. The van der Waals surface area contributed by atoms with E-state index in [0.717, 1.165) is 25.8 Å². The fraction of sp³-hybridized carbons (Fsp3) is 0.500. The van der Waals surface area contributed by atoms with Crippen molar-refractivity contribution in [3.63, 3.8) is 0 Å². The molecule has 1 unspecified atom stereocenters. The second-order valence-corrected chi connectivity index (χ2v) is 5.85. The zero-order chi connectivity index (χ0) is 13.9. The molecule has 1 heterocycles. The van der Waals surface area contributed by atoms with Gasteiger partial charge in [0.15, 0.2) is 0 Å². The van der Waals surface area contributed by atoms with E-state index in [1.54, 1.807) is 6.07 Å². The topological polar surface area (TPSA) is 41.1 Å². The number of benzene rings is 1. The van der Waals surface area contributed by atoms with Gasteiger partial charge < -0.3 is 10.6 Å². The molecule has 1 atom stereocenters. The molecule has 1 fully saturated rings. The van der Waals surface area contributed by atoms with Crippen LogP contribution >= 0.6 is 15.9 Å². The van der Waals surface area contributed by atoms with Crippen molar-refractivity contribution in [3.05, 3.63) is 28.5 Å². The maximum Gasteiger partial charge on any atom is 0.231 e. The van der Waals surface area contributed by atoms with E-state index in [1.807, 2.05) is 6.92 Å². The summed E-state index contributed by atoms with van der Waals surface area (Å²) in [5.41, 5.74) is 0.260. The largest absolute Gasteiger partial charge is 0.325 e. The summed E-state index contributed by atoms with van der Waals surface area (Å²) in [5.74, 6) is -0.316. The first-order valence-electron chi connectivity index (χ1n) is 6.54. The molecule has 5 heteroatoms. The van der Waals surface area contributed by atoms with Gasteiger partial charge in [0.05, 0.1) is 11.1 Å². The monoisotopic (exact) mass is 328 g/mol. The van der Waals surface area contributed by atoms with Gasteiger partial charge >= 0.3 is 0 Å². The van der Waals surface area contributed by atoms with Crippen LogP contribution in [0.1, 0.15) is 26.2 Å². The Hall–Kier alpha value is -0.940. The van der Waals surface area contributed by atoms with Gasteiger partial charge in [-0.05, 0) is 59.9 Å². The van der Waals surface area contributed by atoms with Crippen molar-refractivity contribution < 1.29 is 9.18 Å². The molecule has 0 spiro atoms. The molecular weight excluding hydrogens is 311 g/mol. The molecule has 0 saturated carbocycles. The standard InChI is InChI=1S/C14H18BrFN2O/c1-2-14(6-3-7-17-9-14)13(19)18-12-5-4-10(16)8-11(12)15/h4-5,8,17H,2-3,6-7,9H2,1H3,(H,18,19). The summed E-state index contributed by atoms with van der Waals surface area (Å²) < 4.78 is 13.6. The van der Waals surface area contributed by atoms with Crippen LogP contribution in [0.3, 0.4) is 0 Å². The van der Waals surface area contributed by atoms with E-state index in [9.17, 15) is 9.18 Å². The number of halogens is 2. The fourth-order valence-corrected chi connectivity index (χ4v) is 2.92. The first kappa shape index (κ1) is 14.5. The van der Waals surface area contributed by atoms with Crippen molar-refractivity contribution in [2.45, 2.75) is 26.2 Å². The number of anilines is 1. The Labute approximate surface area is 121 Å². The molecular formula is C14H18BrFN2O. The van der Waals surface area contributed by atoms with Crippen molar-refractivity contribution in [1.29, 1.82) is 0 Å². The summed E-state index contributed by atoms with van der Waals surface area (Å²) in [5, 5.41) is 6.19. The van der Waals surface area contributed by atoms with E-state index in [2.05, 4.69) is 26.6 Å². The molecule has 2 rings (SSSR count). The van der Waals surface area contributed by atoms with Crippen molar-refractivity contribution in [2.75, 3.05) is 18.4 Å². The van der Waals surface area contributed by atoms with Crippen LogP contribution in [0, 0.1) is 11.2 Å². The van der Waals surface area contributed by atoms with Crippen LogP contribution in [0.4, 0.5) is 10.1 Å². The Balaban J connectivity index is 2.15. The molecule has 1 aliphatic heterocycles. The Kier molecular flexibility index (Phi) is 4.58. The number of carbonyl (C=O) groups excluding carboxylic acids is 1. The molecule has 1 aliphatic rings. The van der Waals surface area contributed by atoms with Crippen LogP contribution in [-0.2, 0) is 4.79 Å². The minimum atomic E-state index is -0.355. The SMILES string of the molecule is CCC1(C(=O)Nc2ccc(F)cc2Br)CCCNC1. The molecule has 1 aromatic carbocycles. The maximum absolute atomic E-state index is 13.0. The van der Waals surface area contributed by atoms with E-state index in [4.69, 9.17) is 0 Å². The van der Waals surface area contributed by atoms with Gasteiger partial charge in [-0.15, -0.1) is 0 Å². The quantitative estimate of drug-likeness (QED) is 0.893. The molecule has 19 heavy (non-hydrogen) atoms. The summed E-state index contributed by atoms with van der Waals surface area (Å²) in [6.45, 7) is 3.70. The molecule has 0 bridgehead atoms. The Morgan fingerprint density at radius 1 is 1.58 bits per heavy atom. The highest BCUT2D eigenvalue weighted by molar-refractivity contribution is 9.10. The van der Waals surface area contributed by atoms with E-state index in [1.165, 1.54) is 12.1 Å². The molecule has 0 radical (unpaired) electrons. The van der Waals surface area contributed by atoms with Crippen molar-refractivity contribution in [3.8, 4) is 0 Å². The van der Waals surface area contributed by atoms with Gasteiger partial charge in [-0.25, -0.2) is 4.39 Å². The van der Waals surface area contributed by atoms with Gasteiger partial charge in [-0.1, -0.05) is 6.92 Å². The van der Waals surface area contributed by atoms with Crippen LogP contribution in [0.2, 0.25) is 0 Å². The lowest BCUT2D eigenvalue weighted by atomic mass is 9.77. The summed E-state index contributed by atoms with van der Waals surface area (Å²) in [6.07, 6.45) is 2.69. The van der Waals surface area contributed by atoms with Crippen molar-refractivity contribution in [1.82, 2.24) is 5.32 Å². The number of hydrogen-bond donors (Lipinski definition) is 2. The van der Waals surface area contributed by atoms with E-state index < -0.39 is 0 Å². The lowest BCUT2D eigenvalue weighted by molar-refractivity contribution is -0.126. The van der Waals surface area contributed by atoms with E-state index >= 15 is 0 Å². The molecule has 1 aromatic rings. The molecule has 2 N–H and O–H groups in total. The average Bonchev–Trinajstić information content (AvgIpc) is 2.42. The number of nitrogens with one attached hydrogen (secondary N) is 2. The molecule has 3 nitrogen and oxygen atoms in total. The maximum atomic E-state index is 13.0. The van der Waals surface area contributed by atoms with Gasteiger partial charge in [-0.2, -0.15) is 0 Å². The molecule has 0 aromatic heterocycles. The molecule has 1 saturated heterocycles. The number of amides is 1. The summed E-state index contributed by atoms with van der Waals surface area (Å²) in [6, 6.07) is 4.28. The fourth-order valence-electron chi connectivity index (χ4n) is 2.47. The first-order valence-corrected chi connectivity index (χ1v) is 7.34. The van der Waals surface area contributed by atoms with Gasteiger partial charge in [0, 0.05) is 11.0 Å². The van der Waals surface area contributed by atoms with Crippen LogP contribution < -0.4 is 10.6 Å². The highest BCUT2D eigenvalue weighted by atomic mass is 79.9. The minimum Gasteiger partial charge on any atom is -0.325 e. The number of piperidine rings is 1. The third-order valence-electron chi connectivity index (χ3n) is 3.81. The van der Waals surface area contributed by atoms with Crippen LogP contribution in [-0.4, -0.2) is 19.0 Å². The molecule has 0 aliphatic carbocycles. The summed E-state index contributed by atoms with van der Waals surface area (Å²) in [4.78, 5) is 12.5. The number of hydrogen-bond acceptors (Lipinski definition) is 2.